The Balaban J connectivity index is 2.38. The van der Waals surface area contributed by atoms with Gasteiger partial charge in [0.2, 0.25) is 5.91 Å². The first kappa shape index (κ1) is 9.52. The third kappa shape index (κ3) is 2.21. The number of piperazine rings is 1. The maximum atomic E-state index is 11.2. The molecule has 0 bridgehead atoms. The van der Waals surface area contributed by atoms with Crippen molar-refractivity contribution in [2.24, 2.45) is 0 Å². The molecule has 3 nitrogen and oxygen atoms in total. The van der Waals surface area contributed by atoms with Crippen LogP contribution in [0.5, 0.6) is 0 Å². The van der Waals surface area contributed by atoms with Gasteiger partial charge in [0.1, 0.15) is 0 Å². The fourth-order valence-corrected chi connectivity index (χ4v) is 1.62. The molecule has 0 spiro atoms. The van der Waals surface area contributed by atoms with Gasteiger partial charge in [0.15, 0.2) is 0 Å². The molecule has 1 amide bonds. The van der Waals surface area contributed by atoms with E-state index in [0.29, 0.717) is 12.6 Å². The maximum Gasteiger partial charge on any atom is 0.236 e. The van der Waals surface area contributed by atoms with Crippen LogP contribution >= 0.6 is 0 Å². The highest BCUT2D eigenvalue weighted by atomic mass is 16.2. The van der Waals surface area contributed by atoms with E-state index in [9.17, 15) is 4.79 Å². The Morgan fingerprint density at radius 2 is 2.33 bits per heavy atom. The first-order chi connectivity index (χ1) is 5.77. The monoisotopic (exact) mass is 170 g/mol. The van der Waals surface area contributed by atoms with Gasteiger partial charge < -0.3 is 10.2 Å². The molecule has 70 valence electrons. The summed E-state index contributed by atoms with van der Waals surface area (Å²) in [4.78, 5) is 13.2. The first-order valence-corrected chi connectivity index (χ1v) is 4.79. The quantitative estimate of drug-likeness (QED) is 0.673. The molecule has 1 rings (SSSR count). The number of amides is 1. The lowest BCUT2D eigenvalue weighted by molar-refractivity contribution is -0.132. The molecule has 1 atom stereocenters. The Labute approximate surface area is 74.1 Å². The third-order valence-corrected chi connectivity index (χ3v) is 2.35. The lowest BCUT2D eigenvalue weighted by Gasteiger charge is -2.32. The Hall–Kier alpha value is -0.570. The van der Waals surface area contributed by atoms with Crippen LogP contribution in [0.4, 0.5) is 0 Å². The predicted octanol–water partition coefficient (Wildman–Crippen LogP) is 0.607. The molecular formula is C9H18N2O. The zero-order chi connectivity index (χ0) is 8.97. The smallest absolute Gasteiger partial charge is 0.236 e. The molecule has 0 unspecified atom stereocenters. The largest absolute Gasteiger partial charge is 0.340 e. The number of likely N-dealkylation sites (N-methyl/N-ethyl adjacent to an activating group) is 1. The molecule has 1 aliphatic heterocycles. The van der Waals surface area contributed by atoms with Crippen LogP contribution in [0.2, 0.25) is 0 Å². The fraction of sp³-hybridized carbons (Fsp3) is 0.889. The van der Waals surface area contributed by atoms with E-state index in [1.54, 1.807) is 0 Å². The van der Waals surface area contributed by atoms with E-state index >= 15 is 0 Å². The van der Waals surface area contributed by atoms with Crippen LogP contribution < -0.4 is 5.32 Å². The van der Waals surface area contributed by atoms with Crippen molar-refractivity contribution in [2.75, 3.05) is 19.6 Å². The maximum absolute atomic E-state index is 11.2. The van der Waals surface area contributed by atoms with Gasteiger partial charge in [0.25, 0.3) is 0 Å². The highest BCUT2D eigenvalue weighted by Crippen LogP contribution is 2.04. The van der Waals surface area contributed by atoms with Crippen LogP contribution in [-0.4, -0.2) is 36.5 Å². The first-order valence-electron chi connectivity index (χ1n) is 4.79. The SMILES string of the molecule is CCC[C@H]1CN(CC)C(=O)CN1. The molecule has 0 saturated carbocycles. The molecule has 1 saturated heterocycles. The van der Waals surface area contributed by atoms with Gasteiger partial charge in [-0.15, -0.1) is 0 Å². The minimum Gasteiger partial charge on any atom is -0.340 e. The molecular weight excluding hydrogens is 152 g/mol. The number of nitrogens with one attached hydrogen (secondary N) is 1. The van der Waals surface area contributed by atoms with Crippen molar-refractivity contribution in [1.82, 2.24) is 10.2 Å². The van der Waals surface area contributed by atoms with Gasteiger partial charge in [0, 0.05) is 19.1 Å². The minimum absolute atomic E-state index is 0.241. The van der Waals surface area contributed by atoms with Crippen LogP contribution in [0.1, 0.15) is 26.7 Å². The Kier molecular flexibility index (Phi) is 3.53. The van der Waals surface area contributed by atoms with E-state index in [2.05, 4.69) is 12.2 Å². The second-order valence-corrected chi connectivity index (χ2v) is 3.30. The summed E-state index contributed by atoms with van der Waals surface area (Å²) in [6.45, 7) is 6.48. The van der Waals surface area contributed by atoms with Crippen molar-refractivity contribution in [2.45, 2.75) is 32.7 Å². The molecule has 0 aromatic heterocycles. The fourth-order valence-electron chi connectivity index (χ4n) is 1.62. The number of carbonyl (C=O) groups excluding carboxylic acids is 1. The molecule has 3 heteroatoms. The van der Waals surface area contributed by atoms with Crippen LogP contribution in [0.3, 0.4) is 0 Å². The zero-order valence-electron chi connectivity index (χ0n) is 7.97. The Morgan fingerprint density at radius 3 is 2.92 bits per heavy atom. The van der Waals surface area contributed by atoms with Gasteiger partial charge in [-0.1, -0.05) is 13.3 Å². The molecule has 12 heavy (non-hydrogen) atoms. The Bertz CT molecular complexity index is 159. The molecule has 0 aromatic carbocycles. The van der Waals surface area contributed by atoms with Gasteiger partial charge in [-0.2, -0.15) is 0 Å². The Morgan fingerprint density at radius 1 is 1.58 bits per heavy atom. The average molecular weight is 170 g/mol. The molecule has 1 N–H and O–H groups in total. The van der Waals surface area contributed by atoms with Crippen LogP contribution in [0, 0.1) is 0 Å². The molecule has 0 aromatic rings. The third-order valence-electron chi connectivity index (χ3n) is 2.35. The number of nitrogens with zero attached hydrogens (tertiary/aromatic N) is 1. The van der Waals surface area contributed by atoms with Crippen LogP contribution in [0.15, 0.2) is 0 Å². The van der Waals surface area contributed by atoms with Gasteiger partial charge in [-0.3, -0.25) is 4.79 Å². The van der Waals surface area contributed by atoms with Crippen LogP contribution in [-0.2, 0) is 4.79 Å². The number of hydrogen-bond acceptors (Lipinski definition) is 2. The van der Waals surface area contributed by atoms with Crippen molar-refractivity contribution in [3.63, 3.8) is 0 Å². The zero-order valence-corrected chi connectivity index (χ0v) is 7.97. The number of hydrogen-bond donors (Lipinski definition) is 1. The molecule has 0 radical (unpaired) electrons. The van der Waals surface area contributed by atoms with Crippen molar-refractivity contribution in [1.29, 1.82) is 0 Å². The molecule has 1 heterocycles. The molecule has 0 aliphatic carbocycles. The van der Waals surface area contributed by atoms with Crippen molar-refractivity contribution >= 4 is 5.91 Å². The van der Waals surface area contributed by atoms with Gasteiger partial charge in [0.05, 0.1) is 6.54 Å². The second kappa shape index (κ2) is 4.45. The van der Waals surface area contributed by atoms with Gasteiger partial charge >= 0.3 is 0 Å². The second-order valence-electron chi connectivity index (χ2n) is 3.30. The highest BCUT2D eigenvalue weighted by molar-refractivity contribution is 5.79. The summed E-state index contributed by atoms with van der Waals surface area (Å²) in [7, 11) is 0. The lowest BCUT2D eigenvalue weighted by atomic mass is 10.1. The average Bonchev–Trinajstić information content (AvgIpc) is 2.09. The summed E-state index contributed by atoms with van der Waals surface area (Å²) in [5, 5.41) is 3.24. The lowest BCUT2D eigenvalue weighted by Crippen LogP contribution is -2.53. The number of carbonyl (C=O) groups is 1. The van der Waals surface area contributed by atoms with E-state index in [0.717, 1.165) is 13.1 Å². The summed E-state index contributed by atoms with van der Waals surface area (Å²) in [5.74, 6) is 0.241. The summed E-state index contributed by atoms with van der Waals surface area (Å²) >= 11 is 0. The normalized spacial score (nSPS) is 24.7. The minimum atomic E-state index is 0.241. The van der Waals surface area contributed by atoms with E-state index in [4.69, 9.17) is 0 Å². The molecule has 1 aliphatic rings. The predicted molar refractivity (Wildman–Crippen MR) is 49.0 cm³/mol. The number of rotatable bonds is 3. The summed E-state index contributed by atoms with van der Waals surface area (Å²) in [6.07, 6.45) is 2.35. The highest BCUT2D eigenvalue weighted by Gasteiger charge is 2.22. The van der Waals surface area contributed by atoms with Crippen molar-refractivity contribution in [3.05, 3.63) is 0 Å². The standard InChI is InChI=1S/C9H18N2O/c1-3-5-8-7-11(4-2)9(12)6-10-8/h8,10H,3-7H2,1-2H3/t8-/m0/s1. The summed E-state index contributed by atoms with van der Waals surface area (Å²) in [5.41, 5.74) is 0. The van der Waals surface area contributed by atoms with Crippen LogP contribution in [0.25, 0.3) is 0 Å². The van der Waals surface area contributed by atoms with E-state index in [1.165, 1.54) is 12.8 Å². The van der Waals surface area contributed by atoms with Crippen molar-refractivity contribution in [3.8, 4) is 0 Å². The van der Waals surface area contributed by atoms with Gasteiger partial charge in [-0.05, 0) is 13.3 Å². The van der Waals surface area contributed by atoms with Crippen molar-refractivity contribution < 1.29 is 4.79 Å². The van der Waals surface area contributed by atoms with Gasteiger partial charge in [-0.25, -0.2) is 0 Å². The van der Waals surface area contributed by atoms with E-state index in [-0.39, 0.29) is 5.91 Å². The summed E-state index contributed by atoms with van der Waals surface area (Å²) < 4.78 is 0. The molecule has 1 fully saturated rings. The van der Waals surface area contributed by atoms with E-state index < -0.39 is 0 Å². The topological polar surface area (TPSA) is 32.3 Å². The summed E-state index contributed by atoms with van der Waals surface area (Å²) in [6, 6.07) is 0.521. The van der Waals surface area contributed by atoms with E-state index in [1.807, 2.05) is 11.8 Å².